The maximum Gasteiger partial charge on any atom is 0.165 e. The molecule has 9 heavy (non-hydrogen) atoms. The second-order valence-corrected chi connectivity index (χ2v) is 3.62. The lowest BCUT2D eigenvalue weighted by Gasteiger charge is -2.01. The van der Waals surface area contributed by atoms with Gasteiger partial charge in [0.1, 0.15) is 12.0 Å². The second kappa shape index (κ2) is 1.99. The van der Waals surface area contributed by atoms with Crippen LogP contribution in [0.25, 0.3) is 0 Å². The van der Waals surface area contributed by atoms with E-state index in [1.54, 1.807) is 11.8 Å². The summed E-state index contributed by atoms with van der Waals surface area (Å²) in [6, 6.07) is 0. The van der Waals surface area contributed by atoms with Crippen molar-refractivity contribution in [1.82, 2.24) is 0 Å². The highest BCUT2D eigenvalue weighted by atomic mass is 32.2. The van der Waals surface area contributed by atoms with Gasteiger partial charge in [-0.25, -0.2) is 0 Å². The van der Waals surface area contributed by atoms with Crippen molar-refractivity contribution in [3.63, 3.8) is 0 Å². The first-order valence-electron chi connectivity index (χ1n) is 3.14. The highest BCUT2D eigenvalue weighted by molar-refractivity contribution is 8.00. The summed E-state index contributed by atoms with van der Waals surface area (Å²) in [7, 11) is 0. The van der Waals surface area contributed by atoms with Gasteiger partial charge in [0.05, 0.1) is 5.92 Å². The first-order valence-corrected chi connectivity index (χ1v) is 4.19. The van der Waals surface area contributed by atoms with Gasteiger partial charge in [-0.3, -0.25) is 4.79 Å². The van der Waals surface area contributed by atoms with Crippen LogP contribution in [0.2, 0.25) is 0 Å². The number of carbonyl (C=O) groups is 1. The Balaban J connectivity index is 2.15. The fourth-order valence-electron chi connectivity index (χ4n) is 1.31. The van der Waals surface area contributed by atoms with Gasteiger partial charge in [0.15, 0.2) is 5.78 Å². The first-order chi connectivity index (χ1) is 4.38. The predicted molar refractivity (Wildman–Crippen MR) is 35.3 cm³/mol. The minimum absolute atomic E-state index is 0.220. The number of Topliss-reactive ketones (excluding diaryl/α,β-unsaturated/α-hetero) is 1. The summed E-state index contributed by atoms with van der Waals surface area (Å²) in [6.07, 6.45) is 1.04. The molecular weight excluding hydrogens is 136 g/mol. The molecule has 2 atom stereocenters. The van der Waals surface area contributed by atoms with Crippen molar-refractivity contribution in [1.29, 1.82) is 0 Å². The molecule has 0 amide bonds. The zero-order valence-corrected chi connectivity index (χ0v) is 5.82. The van der Waals surface area contributed by atoms with Crippen LogP contribution in [0.15, 0.2) is 0 Å². The molecule has 0 radical (unpaired) electrons. The van der Waals surface area contributed by atoms with Crippen molar-refractivity contribution in [2.45, 2.75) is 11.9 Å². The van der Waals surface area contributed by atoms with E-state index in [-0.39, 0.29) is 11.4 Å². The van der Waals surface area contributed by atoms with Crippen LogP contribution < -0.4 is 0 Å². The molecule has 2 heterocycles. The Morgan fingerprint density at radius 3 is 3.33 bits per heavy atom. The molecular formula is C6H8O2S. The fourth-order valence-corrected chi connectivity index (χ4v) is 2.62. The van der Waals surface area contributed by atoms with Crippen LogP contribution in [0.3, 0.4) is 0 Å². The van der Waals surface area contributed by atoms with Crippen LogP contribution in [0, 0.1) is 5.92 Å². The van der Waals surface area contributed by atoms with Gasteiger partial charge < -0.3 is 4.74 Å². The van der Waals surface area contributed by atoms with Crippen molar-refractivity contribution in [3.8, 4) is 0 Å². The molecule has 2 fully saturated rings. The Hall–Kier alpha value is -0.0200. The Kier molecular flexibility index (Phi) is 1.27. The summed E-state index contributed by atoms with van der Waals surface area (Å²) >= 11 is 1.77. The topological polar surface area (TPSA) is 26.3 Å². The SMILES string of the molecule is O=C1COC2SCCC12. The van der Waals surface area contributed by atoms with E-state index in [4.69, 9.17) is 4.74 Å². The van der Waals surface area contributed by atoms with Crippen LogP contribution in [0.4, 0.5) is 0 Å². The van der Waals surface area contributed by atoms with E-state index in [0.717, 1.165) is 12.2 Å². The number of carbonyl (C=O) groups excluding carboxylic acids is 1. The van der Waals surface area contributed by atoms with Crippen LogP contribution in [-0.4, -0.2) is 23.6 Å². The number of rotatable bonds is 0. The van der Waals surface area contributed by atoms with Crippen LogP contribution in [0.1, 0.15) is 6.42 Å². The molecule has 2 nitrogen and oxygen atoms in total. The third kappa shape index (κ3) is 0.792. The number of ether oxygens (including phenoxy) is 1. The summed E-state index contributed by atoms with van der Waals surface area (Å²) in [5.41, 5.74) is 0.220. The smallest absolute Gasteiger partial charge is 0.165 e. The summed E-state index contributed by atoms with van der Waals surface area (Å²) in [4.78, 5) is 10.9. The van der Waals surface area contributed by atoms with E-state index in [1.165, 1.54) is 0 Å². The lowest BCUT2D eigenvalue weighted by molar-refractivity contribution is -0.120. The number of thioether (sulfide) groups is 1. The van der Waals surface area contributed by atoms with Gasteiger partial charge in [0, 0.05) is 0 Å². The molecule has 0 saturated carbocycles. The Labute approximate surface area is 58.0 Å². The van der Waals surface area contributed by atoms with Gasteiger partial charge in [-0.1, -0.05) is 0 Å². The normalized spacial score (nSPS) is 41.6. The zero-order valence-electron chi connectivity index (χ0n) is 5.00. The first kappa shape index (κ1) is 5.74. The molecule has 50 valence electrons. The van der Waals surface area contributed by atoms with E-state index in [0.29, 0.717) is 12.4 Å². The third-order valence-electron chi connectivity index (χ3n) is 1.84. The fraction of sp³-hybridized carbons (Fsp3) is 0.833. The Morgan fingerprint density at radius 2 is 2.56 bits per heavy atom. The molecule has 0 aromatic heterocycles. The molecule has 2 rings (SSSR count). The second-order valence-electron chi connectivity index (χ2n) is 2.41. The van der Waals surface area contributed by atoms with Crippen LogP contribution in [-0.2, 0) is 9.53 Å². The monoisotopic (exact) mass is 144 g/mol. The Bertz CT molecular complexity index is 146. The van der Waals surface area contributed by atoms with Crippen molar-refractivity contribution >= 4 is 17.5 Å². The van der Waals surface area contributed by atoms with Gasteiger partial charge in [0.25, 0.3) is 0 Å². The summed E-state index contributed by atoms with van der Waals surface area (Å²) in [5, 5.41) is 0. The average Bonchev–Trinajstić information content (AvgIpc) is 2.35. The number of ketones is 1. The highest BCUT2D eigenvalue weighted by Crippen LogP contribution is 2.37. The quantitative estimate of drug-likeness (QED) is 0.499. The lowest BCUT2D eigenvalue weighted by Crippen LogP contribution is -2.11. The molecule has 2 unspecified atom stereocenters. The number of hydrogen-bond donors (Lipinski definition) is 0. The molecule has 2 aliphatic heterocycles. The predicted octanol–water partition coefficient (Wildman–Crippen LogP) is 0.665. The third-order valence-corrected chi connectivity index (χ3v) is 3.11. The molecule has 0 bridgehead atoms. The largest absolute Gasteiger partial charge is 0.359 e. The average molecular weight is 144 g/mol. The maximum absolute atomic E-state index is 10.9. The van der Waals surface area contributed by atoms with Crippen molar-refractivity contribution in [2.75, 3.05) is 12.4 Å². The van der Waals surface area contributed by atoms with Crippen LogP contribution >= 0.6 is 11.8 Å². The molecule has 0 spiro atoms. The summed E-state index contributed by atoms with van der Waals surface area (Å²) in [5.74, 6) is 1.65. The molecule has 0 aromatic carbocycles. The number of hydrogen-bond acceptors (Lipinski definition) is 3. The van der Waals surface area contributed by atoms with Gasteiger partial charge >= 0.3 is 0 Å². The molecule has 0 aliphatic carbocycles. The minimum Gasteiger partial charge on any atom is -0.359 e. The van der Waals surface area contributed by atoms with Crippen molar-refractivity contribution in [3.05, 3.63) is 0 Å². The molecule has 0 N–H and O–H groups in total. The minimum atomic E-state index is 0.220. The maximum atomic E-state index is 10.9. The zero-order chi connectivity index (χ0) is 6.27. The van der Waals surface area contributed by atoms with Crippen molar-refractivity contribution < 1.29 is 9.53 Å². The van der Waals surface area contributed by atoms with Gasteiger partial charge in [-0.2, -0.15) is 0 Å². The van der Waals surface area contributed by atoms with E-state index >= 15 is 0 Å². The van der Waals surface area contributed by atoms with E-state index < -0.39 is 0 Å². The highest BCUT2D eigenvalue weighted by Gasteiger charge is 2.39. The van der Waals surface area contributed by atoms with E-state index in [1.807, 2.05) is 0 Å². The van der Waals surface area contributed by atoms with Gasteiger partial charge in [0.2, 0.25) is 0 Å². The van der Waals surface area contributed by atoms with Gasteiger partial charge in [-0.05, 0) is 12.2 Å². The molecule has 2 aliphatic rings. The summed E-state index contributed by atoms with van der Waals surface area (Å²) in [6.45, 7) is 0.363. The standard InChI is InChI=1S/C6H8O2S/c7-5-3-8-6-4(5)1-2-9-6/h4,6H,1-3H2. The molecule has 2 saturated heterocycles. The van der Waals surface area contributed by atoms with Crippen LogP contribution in [0.5, 0.6) is 0 Å². The molecule has 3 heteroatoms. The number of fused-ring (bicyclic) bond motifs is 1. The van der Waals surface area contributed by atoms with Crippen molar-refractivity contribution in [2.24, 2.45) is 5.92 Å². The molecule has 0 aromatic rings. The summed E-state index contributed by atoms with van der Waals surface area (Å²) < 4.78 is 5.20. The van der Waals surface area contributed by atoms with E-state index in [9.17, 15) is 4.79 Å². The van der Waals surface area contributed by atoms with Gasteiger partial charge in [-0.15, -0.1) is 11.8 Å². The lowest BCUT2D eigenvalue weighted by atomic mass is 10.1. The Morgan fingerprint density at radius 1 is 1.67 bits per heavy atom. The van der Waals surface area contributed by atoms with E-state index in [2.05, 4.69) is 0 Å².